The van der Waals surface area contributed by atoms with Crippen molar-refractivity contribution in [2.45, 2.75) is 10.1 Å². The summed E-state index contributed by atoms with van der Waals surface area (Å²) in [7, 11) is 0. The van der Waals surface area contributed by atoms with Crippen molar-refractivity contribution in [3.63, 3.8) is 0 Å². The van der Waals surface area contributed by atoms with Gasteiger partial charge in [0.1, 0.15) is 5.25 Å². The van der Waals surface area contributed by atoms with E-state index < -0.39 is 11.2 Å². The Morgan fingerprint density at radius 1 is 0.794 bits per heavy atom. The predicted molar refractivity (Wildman–Crippen MR) is 132 cm³/mol. The Morgan fingerprint density at radius 3 is 2.24 bits per heavy atom. The maximum absolute atomic E-state index is 13.2. The second kappa shape index (κ2) is 10.5. The van der Waals surface area contributed by atoms with E-state index in [1.54, 1.807) is 48.5 Å². The number of primary amides is 1. The van der Waals surface area contributed by atoms with Gasteiger partial charge >= 0.3 is 0 Å². The van der Waals surface area contributed by atoms with Crippen molar-refractivity contribution in [1.29, 1.82) is 0 Å². The minimum absolute atomic E-state index is 0.210. The molecule has 3 amide bonds. The molecule has 4 N–H and O–H groups in total. The summed E-state index contributed by atoms with van der Waals surface area (Å²) in [6.07, 6.45) is 1.44. The molecule has 0 aliphatic heterocycles. The largest absolute Gasteiger partial charge is 0.459 e. The summed E-state index contributed by atoms with van der Waals surface area (Å²) < 4.78 is 5.13. The van der Waals surface area contributed by atoms with Crippen molar-refractivity contribution >= 4 is 40.9 Å². The van der Waals surface area contributed by atoms with Gasteiger partial charge in [-0.1, -0.05) is 36.4 Å². The zero-order valence-corrected chi connectivity index (χ0v) is 18.8. The first kappa shape index (κ1) is 22.9. The van der Waals surface area contributed by atoms with Crippen LogP contribution in [0.4, 0.5) is 11.4 Å². The summed E-state index contributed by atoms with van der Waals surface area (Å²) in [5, 5.41) is 5.13. The molecule has 1 atom stereocenters. The van der Waals surface area contributed by atoms with Crippen LogP contribution in [0.2, 0.25) is 0 Å². The zero-order chi connectivity index (χ0) is 23.9. The summed E-state index contributed by atoms with van der Waals surface area (Å²) >= 11 is 1.36. The van der Waals surface area contributed by atoms with Crippen molar-refractivity contribution in [3.05, 3.63) is 114 Å². The van der Waals surface area contributed by atoms with Gasteiger partial charge in [-0.2, -0.15) is 0 Å². The molecule has 34 heavy (non-hydrogen) atoms. The molecule has 4 aromatic rings. The van der Waals surface area contributed by atoms with Crippen LogP contribution in [-0.4, -0.2) is 17.7 Å². The standard InChI is InChI=1S/C26H21N3O4S/c27-24(30)18-11-13-19(14-12-18)28-26(32)23(17-6-2-1-3-7-17)34-21-9-4-8-20(16-21)29-25(31)22-10-5-15-33-22/h1-16,23H,(H2,27,30)(H,28,32)(H,29,31). The number of thioether (sulfide) groups is 1. The van der Waals surface area contributed by atoms with E-state index >= 15 is 0 Å². The zero-order valence-electron chi connectivity index (χ0n) is 17.9. The van der Waals surface area contributed by atoms with Gasteiger partial charge in [0.2, 0.25) is 11.8 Å². The second-order valence-corrected chi connectivity index (χ2v) is 8.48. The maximum atomic E-state index is 13.2. The van der Waals surface area contributed by atoms with Crippen molar-refractivity contribution in [3.8, 4) is 0 Å². The van der Waals surface area contributed by atoms with E-state index in [1.165, 1.54) is 18.0 Å². The van der Waals surface area contributed by atoms with Gasteiger partial charge in [-0.3, -0.25) is 14.4 Å². The van der Waals surface area contributed by atoms with Crippen LogP contribution in [0.3, 0.4) is 0 Å². The van der Waals surface area contributed by atoms with Gasteiger partial charge in [0.25, 0.3) is 5.91 Å². The summed E-state index contributed by atoms with van der Waals surface area (Å²) in [5.41, 5.74) is 7.60. The lowest BCUT2D eigenvalue weighted by Gasteiger charge is -2.18. The van der Waals surface area contributed by atoms with Crippen molar-refractivity contribution in [1.82, 2.24) is 0 Å². The highest BCUT2D eigenvalue weighted by atomic mass is 32.2. The molecule has 1 aromatic heterocycles. The van der Waals surface area contributed by atoms with E-state index in [-0.39, 0.29) is 17.6 Å². The van der Waals surface area contributed by atoms with Gasteiger partial charge in [0.05, 0.1) is 6.26 Å². The molecule has 0 aliphatic carbocycles. The molecule has 0 spiro atoms. The first-order valence-electron chi connectivity index (χ1n) is 10.4. The van der Waals surface area contributed by atoms with Crippen LogP contribution in [0.1, 0.15) is 31.7 Å². The van der Waals surface area contributed by atoms with Crippen LogP contribution in [0.25, 0.3) is 0 Å². The van der Waals surface area contributed by atoms with E-state index in [9.17, 15) is 14.4 Å². The van der Waals surface area contributed by atoms with E-state index in [2.05, 4.69) is 10.6 Å². The molecule has 0 fully saturated rings. The molecular formula is C26H21N3O4S. The Morgan fingerprint density at radius 2 is 1.56 bits per heavy atom. The average molecular weight is 472 g/mol. The van der Waals surface area contributed by atoms with Crippen LogP contribution in [0.15, 0.2) is 107 Å². The third-order valence-corrected chi connectivity index (χ3v) is 6.12. The molecule has 0 bridgehead atoms. The molecule has 7 nitrogen and oxygen atoms in total. The highest BCUT2D eigenvalue weighted by Crippen LogP contribution is 2.37. The fraction of sp³-hybridized carbons (Fsp3) is 0.0385. The van der Waals surface area contributed by atoms with Crippen molar-refractivity contribution < 1.29 is 18.8 Å². The highest BCUT2D eigenvalue weighted by Gasteiger charge is 2.22. The minimum Gasteiger partial charge on any atom is -0.459 e. The number of furan rings is 1. The summed E-state index contributed by atoms with van der Waals surface area (Å²) in [6, 6.07) is 26.3. The molecule has 0 aliphatic rings. The molecule has 4 rings (SSSR count). The molecule has 3 aromatic carbocycles. The Labute approximate surface area is 200 Å². The summed E-state index contributed by atoms with van der Waals surface area (Å²) in [5.74, 6) is -0.909. The lowest BCUT2D eigenvalue weighted by Crippen LogP contribution is -2.19. The average Bonchev–Trinajstić information content (AvgIpc) is 3.39. The number of nitrogens with two attached hydrogens (primary N) is 1. The molecule has 0 radical (unpaired) electrons. The van der Waals surface area contributed by atoms with Crippen LogP contribution in [-0.2, 0) is 4.79 Å². The van der Waals surface area contributed by atoms with Gasteiger partial charge in [-0.05, 0) is 60.2 Å². The number of hydrogen-bond donors (Lipinski definition) is 3. The molecule has 1 unspecified atom stereocenters. The van der Waals surface area contributed by atoms with E-state index in [4.69, 9.17) is 10.2 Å². The van der Waals surface area contributed by atoms with Gasteiger partial charge in [0, 0.05) is 21.8 Å². The molecule has 0 saturated heterocycles. The van der Waals surface area contributed by atoms with Gasteiger partial charge in [0.15, 0.2) is 5.76 Å². The van der Waals surface area contributed by atoms with Gasteiger partial charge in [-0.15, -0.1) is 11.8 Å². The molecule has 1 heterocycles. The first-order valence-corrected chi connectivity index (χ1v) is 11.2. The number of amides is 3. The number of rotatable bonds is 8. The second-order valence-electron chi connectivity index (χ2n) is 7.30. The van der Waals surface area contributed by atoms with Crippen LogP contribution in [0.5, 0.6) is 0 Å². The summed E-state index contributed by atoms with van der Waals surface area (Å²) in [6.45, 7) is 0. The van der Waals surface area contributed by atoms with E-state index in [0.717, 1.165) is 10.5 Å². The molecular weight excluding hydrogens is 450 g/mol. The number of anilines is 2. The fourth-order valence-electron chi connectivity index (χ4n) is 3.21. The predicted octanol–water partition coefficient (Wildman–Crippen LogP) is 5.10. The lowest BCUT2D eigenvalue weighted by molar-refractivity contribution is -0.115. The van der Waals surface area contributed by atoms with E-state index in [1.807, 2.05) is 42.5 Å². The number of carbonyl (C=O) groups is 3. The number of benzene rings is 3. The molecule has 8 heteroatoms. The number of hydrogen-bond acceptors (Lipinski definition) is 5. The monoisotopic (exact) mass is 471 g/mol. The smallest absolute Gasteiger partial charge is 0.291 e. The number of carbonyl (C=O) groups excluding carboxylic acids is 3. The van der Waals surface area contributed by atoms with Crippen LogP contribution >= 0.6 is 11.8 Å². The van der Waals surface area contributed by atoms with Gasteiger partial charge < -0.3 is 20.8 Å². The van der Waals surface area contributed by atoms with Gasteiger partial charge in [-0.25, -0.2) is 0 Å². The lowest BCUT2D eigenvalue weighted by atomic mass is 10.1. The minimum atomic E-state index is -0.562. The summed E-state index contributed by atoms with van der Waals surface area (Å²) in [4.78, 5) is 37.6. The third kappa shape index (κ3) is 5.73. The Kier molecular flexibility index (Phi) is 7.10. The number of nitrogens with one attached hydrogen (secondary N) is 2. The third-order valence-electron chi connectivity index (χ3n) is 4.87. The molecule has 0 saturated carbocycles. The van der Waals surface area contributed by atoms with Crippen molar-refractivity contribution in [2.75, 3.05) is 10.6 Å². The Bertz CT molecular complexity index is 1290. The topological polar surface area (TPSA) is 114 Å². The SMILES string of the molecule is NC(=O)c1ccc(NC(=O)C(Sc2cccc(NC(=O)c3ccco3)c2)c2ccccc2)cc1. The van der Waals surface area contributed by atoms with Crippen LogP contribution < -0.4 is 16.4 Å². The van der Waals surface area contributed by atoms with E-state index in [0.29, 0.717) is 16.9 Å². The maximum Gasteiger partial charge on any atom is 0.291 e. The fourth-order valence-corrected chi connectivity index (χ4v) is 4.29. The van der Waals surface area contributed by atoms with Crippen molar-refractivity contribution in [2.24, 2.45) is 5.73 Å². The first-order chi connectivity index (χ1) is 16.5. The highest BCUT2D eigenvalue weighted by molar-refractivity contribution is 8.00. The van der Waals surface area contributed by atoms with Crippen LogP contribution in [0, 0.1) is 0 Å². The Balaban J connectivity index is 1.53. The molecule has 170 valence electrons. The Hall–Kier alpha value is -4.30. The quantitative estimate of drug-likeness (QED) is 0.309. The normalized spacial score (nSPS) is 11.4.